The number of esters is 2. The zero-order valence-corrected chi connectivity index (χ0v) is 38.6. The van der Waals surface area contributed by atoms with Crippen LogP contribution in [0.15, 0.2) is 109 Å². The van der Waals surface area contributed by atoms with E-state index in [1.54, 1.807) is 0 Å². The molecule has 0 aromatic rings. The second-order valence-corrected chi connectivity index (χ2v) is 16.5. The number of rotatable bonds is 40. The maximum Gasteiger partial charge on any atom is 0.472 e. The third-order valence-electron chi connectivity index (χ3n) is 9.33. The molecule has 0 bridgehead atoms. The van der Waals surface area contributed by atoms with Gasteiger partial charge in [-0.05, 0) is 96.3 Å². The molecule has 11 nitrogen and oxygen atoms in total. The summed E-state index contributed by atoms with van der Waals surface area (Å²) in [5.74, 6) is -1.07. The average Bonchev–Trinajstić information content (AvgIpc) is 4.02. The van der Waals surface area contributed by atoms with E-state index in [0.29, 0.717) is 31.5 Å². The van der Waals surface area contributed by atoms with E-state index in [9.17, 15) is 24.2 Å². The van der Waals surface area contributed by atoms with Crippen LogP contribution in [-0.2, 0) is 37.4 Å². The zero-order chi connectivity index (χ0) is 45.2. The number of phosphoric ester groups is 1. The molecule has 1 saturated heterocycles. The molecule has 0 spiro atoms. The molecule has 0 aromatic heterocycles. The molecule has 0 radical (unpaired) electrons. The van der Waals surface area contributed by atoms with E-state index in [2.05, 4.69) is 116 Å². The normalized spacial score (nSPS) is 18.0. The van der Waals surface area contributed by atoms with Crippen LogP contribution in [0.2, 0.25) is 0 Å². The van der Waals surface area contributed by atoms with E-state index < -0.39 is 51.8 Å². The molecule has 1 aliphatic rings. The van der Waals surface area contributed by atoms with Crippen molar-refractivity contribution in [1.29, 1.82) is 0 Å². The first-order chi connectivity index (χ1) is 30.2. The second-order valence-electron chi connectivity index (χ2n) is 15.1. The van der Waals surface area contributed by atoms with Crippen LogP contribution in [0.3, 0.4) is 0 Å². The largest absolute Gasteiger partial charge is 0.472 e. The molecule has 1 fully saturated rings. The predicted octanol–water partition coefficient (Wildman–Crippen LogP) is 11.5. The van der Waals surface area contributed by atoms with Crippen molar-refractivity contribution < 1.29 is 52.5 Å². The summed E-state index contributed by atoms with van der Waals surface area (Å²) in [7, 11) is -4.66. The van der Waals surface area contributed by atoms with E-state index in [0.717, 1.165) is 70.6 Å². The van der Waals surface area contributed by atoms with Gasteiger partial charge in [0.05, 0.1) is 32.0 Å². The van der Waals surface area contributed by atoms with E-state index in [4.69, 9.17) is 23.8 Å². The Bertz CT molecular complexity index is 1460. The van der Waals surface area contributed by atoms with Gasteiger partial charge in [-0.1, -0.05) is 142 Å². The average molecular weight is 887 g/mol. The summed E-state index contributed by atoms with van der Waals surface area (Å²) in [6, 6.07) is 0. The third-order valence-corrected chi connectivity index (χ3v) is 10.3. The number of allylic oxidation sites excluding steroid dienone is 16. The van der Waals surface area contributed by atoms with Crippen LogP contribution in [-0.4, -0.2) is 77.9 Å². The molecule has 0 amide bonds. The van der Waals surface area contributed by atoms with Gasteiger partial charge in [0, 0.05) is 12.8 Å². The number of carbonyl (C=O) groups excluding carboxylic acids is 2. The number of carbonyl (C=O) groups is 2. The van der Waals surface area contributed by atoms with Crippen molar-refractivity contribution in [2.45, 2.75) is 167 Å². The fourth-order valence-electron chi connectivity index (χ4n) is 5.69. The van der Waals surface area contributed by atoms with Crippen LogP contribution in [0.25, 0.3) is 0 Å². The molecule has 5 atom stereocenters. The van der Waals surface area contributed by atoms with Crippen molar-refractivity contribution in [2.24, 2.45) is 0 Å². The maximum atomic E-state index is 12.6. The molecule has 1 heterocycles. The zero-order valence-electron chi connectivity index (χ0n) is 37.7. The SMILES string of the molecule is CC/C=C\CC1OC1C/C=C\C/C=C\C/C=C\C/C=C\CCC(=O)O[C@H](COC(=O)CCCCC/C=C\C/C=C\C/C=C\C/C=C\CCCCC)COP(=O)(O)OC[C@@H](O)CO. The Kier molecular flexibility index (Phi) is 36.9. The fraction of sp³-hybridized carbons (Fsp3) is 0.600. The van der Waals surface area contributed by atoms with Crippen molar-refractivity contribution in [3.05, 3.63) is 109 Å². The van der Waals surface area contributed by atoms with E-state index in [-0.39, 0.29) is 19.4 Å². The van der Waals surface area contributed by atoms with Gasteiger partial charge in [0.15, 0.2) is 6.10 Å². The second kappa shape index (κ2) is 40.4. The van der Waals surface area contributed by atoms with E-state index >= 15 is 0 Å². The van der Waals surface area contributed by atoms with Gasteiger partial charge in [-0.3, -0.25) is 18.6 Å². The quantitative estimate of drug-likeness (QED) is 0.0177. The number of phosphoric acid groups is 1. The first-order valence-electron chi connectivity index (χ1n) is 23.0. The lowest BCUT2D eigenvalue weighted by Crippen LogP contribution is -2.29. The molecule has 3 N–H and O–H groups in total. The molecule has 350 valence electrons. The van der Waals surface area contributed by atoms with Gasteiger partial charge >= 0.3 is 19.8 Å². The van der Waals surface area contributed by atoms with E-state index in [1.807, 2.05) is 12.2 Å². The maximum absolute atomic E-state index is 12.6. The van der Waals surface area contributed by atoms with Gasteiger partial charge in [-0.25, -0.2) is 4.57 Å². The Morgan fingerprint density at radius 3 is 1.60 bits per heavy atom. The third kappa shape index (κ3) is 37.2. The van der Waals surface area contributed by atoms with Crippen molar-refractivity contribution in [3.63, 3.8) is 0 Å². The molecule has 1 rings (SSSR count). The Morgan fingerprint density at radius 1 is 0.581 bits per heavy atom. The number of epoxide rings is 1. The van der Waals surface area contributed by atoms with Crippen LogP contribution in [0, 0.1) is 0 Å². The Labute approximate surface area is 373 Å². The number of ether oxygens (including phenoxy) is 3. The number of hydrogen-bond acceptors (Lipinski definition) is 10. The number of aliphatic hydroxyl groups is 2. The number of aliphatic hydroxyl groups excluding tert-OH is 2. The number of hydrogen-bond donors (Lipinski definition) is 3. The standard InChI is InChI=1S/C50H79O11P/c1-3-5-7-8-9-10-11-12-13-14-15-16-17-18-22-25-28-31-35-39-49(53)57-43-46(44-59-62(55,56)58-42-45(52)41-51)60-50(54)40-36-32-29-26-23-20-19-21-24-27-30-34-38-48-47(61-48)37-33-6-4-2/h6,9-10,12-13,15-16,18,20-24,29-30,32-34,45-48,51-52H,3-5,7-8,11,14,17,19,25-28,31,35-44H2,1-2H3,(H,55,56)/b10-9-,13-12-,16-15-,22-18-,23-20-,24-21-,32-29-,33-6-,34-30-/t45-,46+,47?,48?/m0/s1. The smallest absolute Gasteiger partial charge is 0.462 e. The molecule has 3 unspecified atom stereocenters. The highest BCUT2D eigenvalue weighted by Crippen LogP contribution is 2.43. The van der Waals surface area contributed by atoms with Gasteiger partial charge in [0.2, 0.25) is 0 Å². The topological polar surface area (TPSA) is 161 Å². The van der Waals surface area contributed by atoms with Crippen molar-refractivity contribution in [2.75, 3.05) is 26.4 Å². The van der Waals surface area contributed by atoms with Gasteiger partial charge in [-0.2, -0.15) is 0 Å². The highest BCUT2D eigenvalue weighted by molar-refractivity contribution is 7.47. The first-order valence-corrected chi connectivity index (χ1v) is 24.5. The number of unbranched alkanes of at least 4 members (excludes halogenated alkanes) is 6. The van der Waals surface area contributed by atoms with Crippen molar-refractivity contribution in [1.82, 2.24) is 0 Å². The minimum absolute atomic E-state index is 0.0414. The Balaban J connectivity index is 2.32. The van der Waals surface area contributed by atoms with E-state index in [1.165, 1.54) is 25.7 Å². The summed E-state index contributed by atoms with van der Waals surface area (Å²) in [5.41, 5.74) is 0. The van der Waals surface area contributed by atoms with Crippen LogP contribution in [0.1, 0.15) is 142 Å². The van der Waals surface area contributed by atoms with Crippen LogP contribution in [0.5, 0.6) is 0 Å². The van der Waals surface area contributed by atoms with Gasteiger partial charge < -0.3 is 29.3 Å². The summed E-state index contributed by atoms with van der Waals surface area (Å²) < 4.78 is 38.3. The summed E-state index contributed by atoms with van der Waals surface area (Å²) in [5, 5.41) is 18.4. The highest BCUT2D eigenvalue weighted by Gasteiger charge is 2.36. The van der Waals surface area contributed by atoms with Crippen LogP contribution >= 0.6 is 7.82 Å². The van der Waals surface area contributed by atoms with Crippen molar-refractivity contribution >= 4 is 19.8 Å². The van der Waals surface area contributed by atoms with Crippen LogP contribution in [0.4, 0.5) is 0 Å². The van der Waals surface area contributed by atoms with Gasteiger partial charge in [0.1, 0.15) is 12.7 Å². The van der Waals surface area contributed by atoms with Gasteiger partial charge in [0.25, 0.3) is 0 Å². The van der Waals surface area contributed by atoms with Crippen molar-refractivity contribution in [3.8, 4) is 0 Å². The lowest BCUT2D eigenvalue weighted by molar-refractivity contribution is -0.161. The van der Waals surface area contributed by atoms with Gasteiger partial charge in [-0.15, -0.1) is 0 Å². The highest BCUT2D eigenvalue weighted by atomic mass is 31.2. The summed E-state index contributed by atoms with van der Waals surface area (Å²) in [4.78, 5) is 35.0. The molecule has 62 heavy (non-hydrogen) atoms. The predicted molar refractivity (Wildman–Crippen MR) is 250 cm³/mol. The Hall–Kier alpha value is -3.41. The fourth-order valence-corrected chi connectivity index (χ4v) is 6.48. The minimum atomic E-state index is -4.66. The first kappa shape index (κ1) is 56.6. The summed E-state index contributed by atoms with van der Waals surface area (Å²) in [6.45, 7) is 2.08. The molecule has 12 heteroatoms. The lowest BCUT2D eigenvalue weighted by atomic mass is 10.1. The molecule has 0 saturated carbocycles. The summed E-state index contributed by atoms with van der Waals surface area (Å²) in [6.07, 6.45) is 53.9. The lowest BCUT2D eigenvalue weighted by Gasteiger charge is -2.20. The monoisotopic (exact) mass is 887 g/mol. The molecular formula is C50H79O11P. The minimum Gasteiger partial charge on any atom is -0.462 e. The molecule has 1 aliphatic heterocycles. The molecular weight excluding hydrogens is 808 g/mol. The molecule has 0 aromatic carbocycles. The summed E-state index contributed by atoms with van der Waals surface area (Å²) >= 11 is 0. The van der Waals surface area contributed by atoms with Crippen LogP contribution < -0.4 is 0 Å². The molecule has 0 aliphatic carbocycles. The Morgan fingerprint density at radius 2 is 1.06 bits per heavy atom.